The molecule has 0 saturated heterocycles. The lowest BCUT2D eigenvalue weighted by Crippen LogP contribution is -2.23. The van der Waals surface area contributed by atoms with Gasteiger partial charge in [0.1, 0.15) is 5.69 Å². The summed E-state index contributed by atoms with van der Waals surface area (Å²) in [4.78, 5) is 15.7. The second-order valence-corrected chi connectivity index (χ2v) is 3.81. The first-order valence-corrected chi connectivity index (χ1v) is 5.26. The molecule has 1 aromatic heterocycles. The lowest BCUT2D eigenvalue weighted by Gasteiger charge is -2.06. The molecular weight excluding hydrogens is 216 g/mol. The van der Waals surface area contributed by atoms with Crippen LogP contribution >= 0.6 is 0 Å². The van der Waals surface area contributed by atoms with E-state index in [4.69, 9.17) is 5.73 Å². The molecule has 17 heavy (non-hydrogen) atoms. The lowest BCUT2D eigenvalue weighted by molar-refractivity contribution is 0.0946. The molecule has 5 nitrogen and oxygen atoms in total. The number of hydrogen-bond donors (Lipinski definition) is 2. The zero-order valence-corrected chi connectivity index (χ0v) is 9.55. The van der Waals surface area contributed by atoms with Crippen molar-refractivity contribution >= 4 is 11.6 Å². The van der Waals surface area contributed by atoms with E-state index in [1.54, 1.807) is 17.1 Å². The molecule has 0 aliphatic carbocycles. The van der Waals surface area contributed by atoms with Gasteiger partial charge >= 0.3 is 0 Å². The van der Waals surface area contributed by atoms with Crippen LogP contribution in [0.4, 0.5) is 5.69 Å². The molecule has 1 heterocycles. The first-order chi connectivity index (χ1) is 8.16. The number of hydrogen-bond acceptors (Lipinski definition) is 3. The van der Waals surface area contributed by atoms with Crippen LogP contribution in [-0.4, -0.2) is 15.5 Å². The number of aryl methyl sites for hydroxylation is 1. The third-order valence-electron chi connectivity index (χ3n) is 2.43. The van der Waals surface area contributed by atoms with Gasteiger partial charge in [0.2, 0.25) is 0 Å². The van der Waals surface area contributed by atoms with Gasteiger partial charge in [-0.1, -0.05) is 18.2 Å². The smallest absolute Gasteiger partial charge is 0.271 e. The Morgan fingerprint density at radius 1 is 1.47 bits per heavy atom. The highest BCUT2D eigenvalue weighted by molar-refractivity contribution is 5.92. The average molecular weight is 230 g/mol. The van der Waals surface area contributed by atoms with Crippen LogP contribution in [0.15, 0.2) is 36.8 Å². The average Bonchev–Trinajstić information content (AvgIpc) is 2.74. The highest BCUT2D eigenvalue weighted by Gasteiger charge is 2.08. The molecule has 0 bridgehead atoms. The molecule has 1 amide bonds. The summed E-state index contributed by atoms with van der Waals surface area (Å²) in [5.74, 6) is -0.200. The van der Waals surface area contributed by atoms with Crippen molar-refractivity contribution in [1.82, 2.24) is 14.9 Å². The standard InChI is InChI=1S/C12H14N4O/c1-16-7-11(15-8-16)12(17)14-6-9-4-2-3-5-10(9)13/h2-5,7-8H,6,13H2,1H3,(H,14,17). The Labute approximate surface area is 99.3 Å². The van der Waals surface area contributed by atoms with Crippen LogP contribution in [0, 0.1) is 0 Å². The van der Waals surface area contributed by atoms with Crippen molar-refractivity contribution in [2.45, 2.75) is 6.54 Å². The Hall–Kier alpha value is -2.30. The fourth-order valence-electron chi connectivity index (χ4n) is 1.49. The minimum absolute atomic E-state index is 0.200. The van der Waals surface area contributed by atoms with Crippen molar-refractivity contribution in [2.24, 2.45) is 7.05 Å². The SMILES string of the molecule is Cn1cnc(C(=O)NCc2ccccc2N)c1. The first-order valence-electron chi connectivity index (χ1n) is 5.26. The number of imidazole rings is 1. The minimum Gasteiger partial charge on any atom is -0.398 e. The van der Waals surface area contributed by atoms with E-state index in [0.29, 0.717) is 17.9 Å². The van der Waals surface area contributed by atoms with E-state index in [1.807, 2.05) is 31.3 Å². The number of rotatable bonds is 3. The molecule has 0 aliphatic heterocycles. The number of nitrogens with zero attached hydrogens (tertiary/aromatic N) is 2. The number of nitrogens with two attached hydrogens (primary N) is 1. The second kappa shape index (κ2) is 4.69. The number of amides is 1. The summed E-state index contributed by atoms with van der Waals surface area (Å²) in [6, 6.07) is 7.44. The summed E-state index contributed by atoms with van der Waals surface area (Å²) >= 11 is 0. The van der Waals surface area contributed by atoms with Crippen LogP contribution < -0.4 is 11.1 Å². The van der Waals surface area contributed by atoms with Gasteiger partial charge in [-0.25, -0.2) is 4.98 Å². The summed E-state index contributed by atoms with van der Waals surface area (Å²) < 4.78 is 1.73. The van der Waals surface area contributed by atoms with Gasteiger partial charge in [-0.2, -0.15) is 0 Å². The third kappa shape index (κ3) is 2.63. The monoisotopic (exact) mass is 230 g/mol. The van der Waals surface area contributed by atoms with Crippen LogP contribution in [0.5, 0.6) is 0 Å². The zero-order chi connectivity index (χ0) is 12.3. The van der Waals surface area contributed by atoms with Crippen LogP contribution in [0.2, 0.25) is 0 Å². The summed E-state index contributed by atoms with van der Waals surface area (Å²) in [5.41, 5.74) is 7.76. The molecule has 0 fully saturated rings. The van der Waals surface area contributed by atoms with Gasteiger partial charge in [0, 0.05) is 25.5 Å². The van der Waals surface area contributed by atoms with Gasteiger partial charge in [0.05, 0.1) is 6.33 Å². The molecule has 2 rings (SSSR count). The summed E-state index contributed by atoms with van der Waals surface area (Å²) in [6.07, 6.45) is 3.26. The molecule has 2 aromatic rings. The van der Waals surface area contributed by atoms with Crippen LogP contribution in [0.3, 0.4) is 0 Å². The summed E-state index contributed by atoms with van der Waals surface area (Å²) in [5, 5.41) is 2.77. The molecule has 0 unspecified atom stereocenters. The Bertz CT molecular complexity index is 533. The number of para-hydroxylation sites is 1. The zero-order valence-electron chi connectivity index (χ0n) is 9.55. The maximum Gasteiger partial charge on any atom is 0.271 e. The molecule has 3 N–H and O–H groups in total. The molecule has 1 aromatic carbocycles. The van der Waals surface area contributed by atoms with Gasteiger partial charge in [-0.3, -0.25) is 4.79 Å². The molecule has 0 radical (unpaired) electrons. The topological polar surface area (TPSA) is 72.9 Å². The second-order valence-electron chi connectivity index (χ2n) is 3.81. The molecule has 5 heteroatoms. The van der Waals surface area contributed by atoms with Crippen molar-refractivity contribution < 1.29 is 4.79 Å². The van der Waals surface area contributed by atoms with Gasteiger partial charge < -0.3 is 15.6 Å². The molecular formula is C12H14N4O. The van der Waals surface area contributed by atoms with E-state index in [-0.39, 0.29) is 5.91 Å². The number of nitrogens with one attached hydrogen (secondary N) is 1. The Kier molecular flexibility index (Phi) is 3.09. The maximum atomic E-state index is 11.7. The van der Waals surface area contributed by atoms with Gasteiger partial charge in [-0.15, -0.1) is 0 Å². The van der Waals surface area contributed by atoms with Crippen molar-refractivity contribution in [3.63, 3.8) is 0 Å². The number of benzene rings is 1. The summed E-state index contributed by atoms with van der Waals surface area (Å²) in [7, 11) is 1.82. The fourth-order valence-corrected chi connectivity index (χ4v) is 1.49. The molecule has 0 atom stereocenters. The van der Waals surface area contributed by atoms with Crippen LogP contribution in [-0.2, 0) is 13.6 Å². The minimum atomic E-state index is -0.200. The Balaban J connectivity index is 1.99. The van der Waals surface area contributed by atoms with Crippen LogP contribution in [0.25, 0.3) is 0 Å². The normalized spacial score (nSPS) is 10.2. The van der Waals surface area contributed by atoms with Crippen molar-refractivity contribution in [3.8, 4) is 0 Å². The predicted octanol–water partition coefficient (Wildman–Crippen LogP) is 0.932. The molecule has 0 aliphatic rings. The highest BCUT2D eigenvalue weighted by Crippen LogP contribution is 2.09. The number of carbonyl (C=O) groups excluding carboxylic acids is 1. The first kappa shape index (κ1) is 11.2. The van der Waals surface area contributed by atoms with E-state index in [1.165, 1.54) is 0 Å². The number of anilines is 1. The van der Waals surface area contributed by atoms with Crippen LogP contribution in [0.1, 0.15) is 16.1 Å². The van der Waals surface area contributed by atoms with E-state index in [9.17, 15) is 4.79 Å². The van der Waals surface area contributed by atoms with E-state index in [2.05, 4.69) is 10.3 Å². The maximum absolute atomic E-state index is 11.7. The van der Waals surface area contributed by atoms with E-state index in [0.717, 1.165) is 5.56 Å². The quantitative estimate of drug-likeness (QED) is 0.770. The molecule has 0 saturated carbocycles. The highest BCUT2D eigenvalue weighted by atomic mass is 16.1. The van der Waals surface area contributed by atoms with Gasteiger partial charge in [0.15, 0.2) is 0 Å². The van der Waals surface area contributed by atoms with Crippen molar-refractivity contribution in [1.29, 1.82) is 0 Å². The third-order valence-corrected chi connectivity index (χ3v) is 2.43. The van der Waals surface area contributed by atoms with E-state index < -0.39 is 0 Å². The van der Waals surface area contributed by atoms with Gasteiger partial charge in [0.25, 0.3) is 5.91 Å². The summed E-state index contributed by atoms with van der Waals surface area (Å²) in [6.45, 7) is 0.405. The van der Waals surface area contributed by atoms with E-state index >= 15 is 0 Å². The Morgan fingerprint density at radius 2 is 2.24 bits per heavy atom. The van der Waals surface area contributed by atoms with Gasteiger partial charge in [-0.05, 0) is 11.6 Å². The molecule has 88 valence electrons. The number of carbonyl (C=O) groups is 1. The number of nitrogen functional groups attached to an aromatic ring is 1. The molecule has 0 spiro atoms. The van der Waals surface area contributed by atoms with Crippen molar-refractivity contribution in [3.05, 3.63) is 48.0 Å². The number of aromatic nitrogens is 2. The fraction of sp³-hybridized carbons (Fsp3) is 0.167. The largest absolute Gasteiger partial charge is 0.398 e. The predicted molar refractivity (Wildman–Crippen MR) is 65.2 cm³/mol. The van der Waals surface area contributed by atoms with Crippen molar-refractivity contribution in [2.75, 3.05) is 5.73 Å². The Morgan fingerprint density at radius 3 is 2.88 bits per heavy atom. The lowest BCUT2D eigenvalue weighted by atomic mass is 10.2.